The highest BCUT2D eigenvalue weighted by molar-refractivity contribution is 6.34. The Morgan fingerprint density at radius 1 is 1.07 bits per heavy atom. The van der Waals surface area contributed by atoms with Crippen LogP contribution < -0.4 is 5.32 Å². The predicted octanol–water partition coefficient (Wildman–Crippen LogP) is 4.55. The first-order chi connectivity index (χ1) is 13.1. The molecule has 0 saturated carbocycles. The molecule has 1 N–H and O–H groups in total. The Morgan fingerprint density at radius 3 is 2.63 bits per heavy atom. The van der Waals surface area contributed by atoms with Crippen molar-refractivity contribution >= 4 is 34.9 Å². The molecule has 27 heavy (non-hydrogen) atoms. The summed E-state index contributed by atoms with van der Waals surface area (Å²) in [5, 5.41) is 4.38. The second-order valence-electron chi connectivity index (χ2n) is 6.34. The third kappa shape index (κ3) is 4.04. The van der Waals surface area contributed by atoms with E-state index >= 15 is 0 Å². The van der Waals surface area contributed by atoms with Crippen LogP contribution in [0.5, 0.6) is 0 Å². The first-order valence-electron chi connectivity index (χ1n) is 8.45. The Hall–Kier alpha value is -2.63. The fourth-order valence-electron chi connectivity index (χ4n) is 3.08. The van der Waals surface area contributed by atoms with E-state index in [9.17, 15) is 4.79 Å². The van der Waals surface area contributed by atoms with Crippen LogP contribution in [0.25, 0.3) is 0 Å². The van der Waals surface area contributed by atoms with Gasteiger partial charge in [-0.15, -0.1) is 0 Å². The molecule has 2 aromatic heterocycles. The predicted molar refractivity (Wildman–Crippen MR) is 106 cm³/mol. The number of carbonyl (C=O) groups is 1. The molecule has 1 aliphatic rings. The second kappa shape index (κ2) is 7.55. The number of amides is 1. The highest BCUT2D eigenvalue weighted by atomic mass is 35.5. The molecule has 1 amide bonds. The monoisotopic (exact) mass is 398 g/mol. The van der Waals surface area contributed by atoms with Crippen LogP contribution >= 0.6 is 23.2 Å². The van der Waals surface area contributed by atoms with Crippen molar-refractivity contribution in [1.29, 1.82) is 0 Å². The fourth-order valence-corrected chi connectivity index (χ4v) is 3.65. The zero-order chi connectivity index (χ0) is 18.8. The Labute approximate surface area is 167 Å². The maximum atomic E-state index is 12.7. The zero-order valence-corrected chi connectivity index (χ0v) is 15.8. The van der Waals surface area contributed by atoms with E-state index in [2.05, 4.69) is 15.3 Å². The lowest BCUT2D eigenvalue weighted by molar-refractivity contribution is 0.0766. The van der Waals surface area contributed by atoms with Crippen LogP contribution in [0.2, 0.25) is 10.0 Å². The highest BCUT2D eigenvalue weighted by Gasteiger charge is 2.28. The lowest BCUT2D eigenvalue weighted by Gasteiger charge is -2.15. The van der Waals surface area contributed by atoms with Gasteiger partial charge in [0.25, 0.3) is 5.91 Å². The van der Waals surface area contributed by atoms with Crippen LogP contribution in [-0.4, -0.2) is 20.8 Å². The standard InChI is InChI=1S/C20H16Cl2N4O/c21-15-6-14(7-16(22)8-15)11-26-12-18-17(20(26)27)3-4-19(25-18)24-10-13-2-1-5-23-9-13/h1-9H,10-12H2,(H,24,25). The molecule has 136 valence electrons. The smallest absolute Gasteiger partial charge is 0.256 e. The first-order valence-corrected chi connectivity index (χ1v) is 9.21. The van der Waals surface area contributed by atoms with Gasteiger partial charge in [0, 0.05) is 35.5 Å². The Kier molecular flexibility index (Phi) is 4.97. The molecule has 0 radical (unpaired) electrons. The average Bonchev–Trinajstić information content (AvgIpc) is 2.95. The van der Waals surface area contributed by atoms with Crippen molar-refractivity contribution in [2.75, 3.05) is 5.32 Å². The van der Waals surface area contributed by atoms with Crippen molar-refractivity contribution in [3.63, 3.8) is 0 Å². The number of rotatable bonds is 5. The van der Waals surface area contributed by atoms with E-state index in [-0.39, 0.29) is 5.91 Å². The Bertz CT molecular complexity index is 974. The van der Waals surface area contributed by atoms with Gasteiger partial charge in [0.15, 0.2) is 0 Å². The number of benzene rings is 1. The molecule has 0 bridgehead atoms. The van der Waals surface area contributed by atoms with E-state index < -0.39 is 0 Å². The molecule has 1 aromatic carbocycles. The van der Waals surface area contributed by atoms with Crippen LogP contribution in [0.15, 0.2) is 54.9 Å². The minimum absolute atomic E-state index is 0.0348. The summed E-state index contributed by atoms with van der Waals surface area (Å²) >= 11 is 12.1. The number of halogens is 2. The number of fused-ring (bicyclic) bond motifs is 1. The van der Waals surface area contributed by atoms with Crippen LogP contribution in [0.1, 0.15) is 27.2 Å². The number of carbonyl (C=O) groups excluding carboxylic acids is 1. The van der Waals surface area contributed by atoms with Gasteiger partial charge in [0.1, 0.15) is 5.82 Å². The highest BCUT2D eigenvalue weighted by Crippen LogP contribution is 2.26. The molecule has 1 aliphatic heterocycles. The Morgan fingerprint density at radius 2 is 1.89 bits per heavy atom. The van der Waals surface area contributed by atoms with E-state index in [1.807, 2.05) is 42.6 Å². The van der Waals surface area contributed by atoms with Crippen LogP contribution in [0, 0.1) is 0 Å². The Balaban J connectivity index is 1.47. The average molecular weight is 399 g/mol. The molecular formula is C20H16Cl2N4O. The van der Waals surface area contributed by atoms with Gasteiger partial charge in [-0.25, -0.2) is 4.98 Å². The molecule has 3 heterocycles. The summed E-state index contributed by atoms with van der Waals surface area (Å²) in [6, 6.07) is 12.8. The van der Waals surface area contributed by atoms with Crippen molar-refractivity contribution in [2.24, 2.45) is 0 Å². The van der Waals surface area contributed by atoms with Crippen molar-refractivity contribution in [3.8, 4) is 0 Å². The van der Waals surface area contributed by atoms with Crippen LogP contribution in [0.3, 0.4) is 0 Å². The number of nitrogens with zero attached hydrogens (tertiary/aromatic N) is 3. The van der Waals surface area contributed by atoms with E-state index in [1.165, 1.54) is 0 Å². The third-order valence-electron chi connectivity index (χ3n) is 4.32. The minimum Gasteiger partial charge on any atom is -0.366 e. The molecule has 3 aromatic rings. The molecule has 0 saturated heterocycles. The van der Waals surface area contributed by atoms with E-state index in [4.69, 9.17) is 23.2 Å². The van der Waals surface area contributed by atoms with Gasteiger partial charge in [-0.1, -0.05) is 29.3 Å². The number of hydrogen-bond donors (Lipinski definition) is 1. The van der Waals surface area contributed by atoms with Gasteiger partial charge in [-0.3, -0.25) is 9.78 Å². The molecule has 5 nitrogen and oxygen atoms in total. The summed E-state index contributed by atoms with van der Waals surface area (Å²) in [7, 11) is 0. The van der Waals surface area contributed by atoms with Gasteiger partial charge < -0.3 is 10.2 Å². The molecule has 0 unspecified atom stereocenters. The van der Waals surface area contributed by atoms with Gasteiger partial charge >= 0.3 is 0 Å². The van der Waals surface area contributed by atoms with Crippen molar-refractivity contribution in [2.45, 2.75) is 19.6 Å². The van der Waals surface area contributed by atoms with Crippen molar-refractivity contribution in [3.05, 3.63) is 87.3 Å². The fraction of sp³-hybridized carbons (Fsp3) is 0.150. The zero-order valence-electron chi connectivity index (χ0n) is 14.3. The van der Waals surface area contributed by atoms with E-state index in [1.54, 1.807) is 17.2 Å². The summed E-state index contributed by atoms with van der Waals surface area (Å²) in [6.07, 6.45) is 3.55. The molecule has 0 aliphatic carbocycles. The van der Waals surface area contributed by atoms with Crippen LogP contribution in [0.4, 0.5) is 5.82 Å². The number of anilines is 1. The van der Waals surface area contributed by atoms with Gasteiger partial charge in [-0.2, -0.15) is 0 Å². The van der Waals surface area contributed by atoms with Crippen molar-refractivity contribution < 1.29 is 4.79 Å². The summed E-state index contributed by atoms with van der Waals surface area (Å²) in [6.45, 7) is 1.52. The molecule has 4 rings (SSSR count). The number of pyridine rings is 2. The number of nitrogens with one attached hydrogen (secondary N) is 1. The van der Waals surface area contributed by atoms with E-state index in [0.29, 0.717) is 35.2 Å². The van der Waals surface area contributed by atoms with Gasteiger partial charge in [-0.05, 0) is 47.5 Å². The summed E-state index contributed by atoms with van der Waals surface area (Å²) in [5.41, 5.74) is 3.36. The normalized spacial score (nSPS) is 13.0. The molecule has 0 spiro atoms. The quantitative estimate of drug-likeness (QED) is 0.684. The van der Waals surface area contributed by atoms with Crippen molar-refractivity contribution in [1.82, 2.24) is 14.9 Å². The number of hydrogen-bond acceptors (Lipinski definition) is 4. The second-order valence-corrected chi connectivity index (χ2v) is 7.22. The van der Waals surface area contributed by atoms with Gasteiger partial charge in [0.05, 0.1) is 17.8 Å². The summed E-state index contributed by atoms with van der Waals surface area (Å²) < 4.78 is 0. The topological polar surface area (TPSA) is 58.1 Å². The lowest BCUT2D eigenvalue weighted by atomic mass is 10.2. The SMILES string of the molecule is O=C1c2ccc(NCc3cccnc3)nc2CN1Cc1cc(Cl)cc(Cl)c1. The molecule has 7 heteroatoms. The maximum Gasteiger partial charge on any atom is 0.256 e. The largest absolute Gasteiger partial charge is 0.366 e. The summed E-state index contributed by atoms with van der Waals surface area (Å²) in [4.78, 5) is 23.1. The van der Waals surface area contributed by atoms with Gasteiger partial charge in [0.2, 0.25) is 0 Å². The number of aromatic nitrogens is 2. The lowest BCUT2D eigenvalue weighted by Crippen LogP contribution is -2.23. The maximum absolute atomic E-state index is 12.7. The molecule has 0 atom stereocenters. The summed E-state index contributed by atoms with van der Waals surface area (Å²) in [5.74, 6) is 0.700. The minimum atomic E-state index is -0.0348. The van der Waals surface area contributed by atoms with E-state index in [0.717, 1.165) is 22.6 Å². The molecular weight excluding hydrogens is 383 g/mol. The first kappa shape index (κ1) is 17.8. The van der Waals surface area contributed by atoms with Crippen LogP contribution in [-0.2, 0) is 19.6 Å². The molecule has 0 fully saturated rings. The third-order valence-corrected chi connectivity index (χ3v) is 4.76.